The molecule has 4 heteroatoms. The standard InChI is InChI=1S/C10H7BrN2O/c11-9-7-8(4-5-12-9)13-6-2-1-3-10(13)14/h1-7H. The SMILES string of the molecule is O=c1ccccn1-c1ccnc(Br)c1. The van der Waals surface area contributed by atoms with E-state index in [1.807, 2.05) is 6.07 Å². The normalized spacial score (nSPS) is 10.1. The summed E-state index contributed by atoms with van der Waals surface area (Å²) in [5.74, 6) is 0. The quantitative estimate of drug-likeness (QED) is 0.726. The highest BCUT2D eigenvalue weighted by Gasteiger charge is 1.98. The Bertz CT molecular complexity index is 507. The summed E-state index contributed by atoms with van der Waals surface area (Å²) < 4.78 is 2.28. The van der Waals surface area contributed by atoms with Crippen molar-refractivity contribution in [1.29, 1.82) is 0 Å². The van der Waals surface area contributed by atoms with Crippen LogP contribution in [0, 0.1) is 0 Å². The highest BCUT2D eigenvalue weighted by molar-refractivity contribution is 9.10. The maximum absolute atomic E-state index is 11.5. The van der Waals surface area contributed by atoms with Crippen LogP contribution in [-0.2, 0) is 0 Å². The molecule has 2 aromatic heterocycles. The summed E-state index contributed by atoms with van der Waals surface area (Å²) in [6.45, 7) is 0. The van der Waals surface area contributed by atoms with E-state index in [9.17, 15) is 4.79 Å². The number of halogens is 1. The van der Waals surface area contributed by atoms with Crippen LogP contribution in [0.4, 0.5) is 0 Å². The maximum Gasteiger partial charge on any atom is 0.255 e. The molecule has 0 aliphatic heterocycles. The largest absolute Gasteiger partial charge is 0.284 e. The molecule has 0 amide bonds. The van der Waals surface area contributed by atoms with Gasteiger partial charge in [-0.2, -0.15) is 0 Å². The zero-order valence-corrected chi connectivity index (χ0v) is 8.81. The molecular weight excluding hydrogens is 244 g/mol. The van der Waals surface area contributed by atoms with Gasteiger partial charge in [-0.3, -0.25) is 9.36 Å². The van der Waals surface area contributed by atoms with Gasteiger partial charge >= 0.3 is 0 Å². The lowest BCUT2D eigenvalue weighted by Gasteiger charge is -2.03. The molecule has 0 atom stereocenters. The predicted molar refractivity (Wildman–Crippen MR) is 57.5 cm³/mol. The van der Waals surface area contributed by atoms with Crippen molar-refractivity contribution < 1.29 is 0 Å². The van der Waals surface area contributed by atoms with E-state index in [2.05, 4.69) is 20.9 Å². The van der Waals surface area contributed by atoms with Gasteiger partial charge in [-0.25, -0.2) is 4.98 Å². The molecule has 0 saturated carbocycles. The molecule has 70 valence electrons. The number of hydrogen-bond acceptors (Lipinski definition) is 2. The van der Waals surface area contributed by atoms with Crippen LogP contribution in [-0.4, -0.2) is 9.55 Å². The molecule has 2 aromatic rings. The summed E-state index contributed by atoms with van der Waals surface area (Å²) in [7, 11) is 0. The first-order valence-corrected chi connectivity index (χ1v) is 4.86. The summed E-state index contributed by atoms with van der Waals surface area (Å²) in [5, 5.41) is 0. The highest BCUT2D eigenvalue weighted by atomic mass is 79.9. The summed E-state index contributed by atoms with van der Waals surface area (Å²) in [6, 6.07) is 8.63. The lowest BCUT2D eigenvalue weighted by molar-refractivity contribution is 0.981. The maximum atomic E-state index is 11.5. The van der Waals surface area contributed by atoms with Gasteiger partial charge in [-0.1, -0.05) is 6.07 Å². The molecule has 0 radical (unpaired) electrons. The molecule has 0 unspecified atom stereocenters. The summed E-state index contributed by atoms with van der Waals surface area (Å²) >= 11 is 3.26. The van der Waals surface area contributed by atoms with Gasteiger partial charge in [-0.15, -0.1) is 0 Å². The van der Waals surface area contributed by atoms with Crippen LogP contribution < -0.4 is 5.56 Å². The van der Waals surface area contributed by atoms with Crippen molar-refractivity contribution in [3.8, 4) is 5.69 Å². The van der Waals surface area contributed by atoms with E-state index in [4.69, 9.17) is 0 Å². The third-order valence-electron chi connectivity index (χ3n) is 1.81. The van der Waals surface area contributed by atoms with E-state index >= 15 is 0 Å². The number of hydrogen-bond donors (Lipinski definition) is 0. The van der Waals surface area contributed by atoms with E-state index in [-0.39, 0.29) is 5.56 Å². The Hall–Kier alpha value is -1.42. The molecule has 0 fully saturated rings. The molecule has 0 aliphatic rings. The van der Waals surface area contributed by atoms with Crippen LogP contribution in [0.3, 0.4) is 0 Å². The zero-order chi connectivity index (χ0) is 9.97. The summed E-state index contributed by atoms with van der Waals surface area (Å²) in [6.07, 6.45) is 3.38. The van der Waals surface area contributed by atoms with Gasteiger partial charge in [0.2, 0.25) is 0 Å². The minimum absolute atomic E-state index is 0.0504. The molecule has 0 aromatic carbocycles. The van der Waals surface area contributed by atoms with Crippen molar-refractivity contribution in [1.82, 2.24) is 9.55 Å². The first kappa shape index (κ1) is 9.15. The van der Waals surface area contributed by atoms with Crippen molar-refractivity contribution >= 4 is 15.9 Å². The predicted octanol–water partition coefficient (Wildman–Crippen LogP) is 1.99. The summed E-state index contributed by atoms with van der Waals surface area (Å²) in [4.78, 5) is 15.5. The van der Waals surface area contributed by atoms with Crippen molar-refractivity contribution in [3.63, 3.8) is 0 Å². The third-order valence-corrected chi connectivity index (χ3v) is 2.24. The molecule has 2 heterocycles. The molecule has 0 spiro atoms. The molecular formula is C10H7BrN2O. The number of aromatic nitrogens is 2. The van der Waals surface area contributed by atoms with Crippen molar-refractivity contribution in [2.24, 2.45) is 0 Å². The molecule has 14 heavy (non-hydrogen) atoms. The Morgan fingerprint density at radius 1 is 1.29 bits per heavy atom. The average Bonchev–Trinajstić information content (AvgIpc) is 2.18. The van der Waals surface area contributed by atoms with E-state index in [1.54, 1.807) is 35.2 Å². The lowest BCUT2D eigenvalue weighted by Crippen LogP contribution is -2.15. The van der Waals surface area contributed by atoms with Crippen molar-refractivity contribution in [2.75, 3.05) is 0 Å². The van der Waals surface area contributed by atoms with Gasteiger partial charge < -0.3 is 0 Å². The number of nitrogens with zero attached hydrogens (tertiary/aromatic N) is 2. The van der Waals surface area contributed by atoms with Crippen molar-refractivity contribution in [3.05, 3.63) is 57.7 Å². The van der Waals surface area contributed by atoms with Gasteiger partial charge in [-0.05, 0) is 34.1 Å². The fourth-order valence-corrected chi connectivity index (χ4v) is 1.54. The minimum Gasteiger partial charge on any atom is -0.284 e. The van der Waals surface area contributed by atoms with Gasteiger partial charge in [0.1, 0.15) is 4.60 Å². The topological polar surface area (TPSA) is 34.9 Å². The molecule has 0 bridgehead atoms. The Morgan fingerprint density at radius 3 is 2.86 bits per heavy atom. The number of rotatable bonds is 1. The van der Waals surface area contributed by atoms with E-state index in [0.717, 1.165) is 5.69 Å². The van der Waals surface area contributed by atoms with Crippen LogP contribution in [0.1, 0.15) is 0 Å². The van der Waals surface area contributed by atoms with Crippen molar-refractivity contribution in [2.45, 2.75) is 0 Å². The first-order chi connectivity index (χ1) is 6.77. The first-order valence-electron chi connectivity index (χ1n) is 4.07. The second-order valence-electron chi connectivity index (χ2n) is 2.75. The fourth-order valence-electron chi connectivity index (χ4n) is 1.18. The average molecular weight is 251 g/mol. The second kappa shape index (κ2) is 3.75. The monoisotopic (exact) mass is 250 g/mol. The van der Waals surface area contributed by atoms with Gasteiger partial charge in [0.05, 0.1) is 5.69 Å². The smallest absolute Gasteiger partial charge is 0.255 e. The lowest BCUT2D eigenvalue weighted by atomic mass is 10.4. The minimum atomic E-state index is -0.0504. The Labute approximate surface area is 89.2 Å². The molecule has 0 saturated heterocycles. The van der Waals surface area contributed by atoms with Crippen LogP contribution >= 0.6 is 15.9 Å². The van der Waals surface area contributed by atoms with Crippen LogP contribution in [0.5, 0.6) is 0 Å². The Kier molecular flexibility index (Phi) is 2.45. The Balaban J connectivity index is 2.61. The van der Waals surface area contributed by atoms with Gasteiger partial charge in [0.15, 0.2) is 0 Å². The zero-order valence-electron chi connectivity index (χ0n) is 7.22. The Morgan fingerprint density at radius 2 is 2.14 bits per heavy atom. The third kappa shape index (κ3) is 1.75. The van der Waals surface area contributed by atoms with Crippen LogP contribution in [0.25, 0.3) is 5.69 Å². The van der Waals surface area contributed by atoms with E-state index in [0.29, 0.717) is 4.60 Å². The highest BCUT2D eigenvalue weighted by Crippen LogP contribution is 2.10. The summed E-state index contributed by atoms with van der Waals surface area (Å²) in [5.41, 5.74) is 0.753. The van der Waals surface area contributed by atoms with E-state index in [1.165, 1.54) is 6.07 Å². The second-order valence-corrected chi connectivity index (χ2v) is 3.56. The van der Waals surface area contributed by atoms with E-state index < -0.39 is 0 Å². The van der Waals surface area contributed by atoms with Gasteiger partial charge in [0.25, 0.3) is 5.56 Å². The molecule has 0 N–H and O–H groups in total. The van der Waals surface area contributed by atoms with Crippen LogP contribution in [0.2, 0.25) is 0 Å². The number of pyridine rings is 2. The molecule has 2 rings (SSSR count). The van der Waals surface area contributed by atoms with Gasteiger partial charge in [0, 0.05) is 18.5 Å². The molecule has 3 nitrogen and oxygen atoms in total. The fraction of sp³-hybridized carbons (Fsp3) is 0. The van der Waals surface area contributed by atoms with Crippen LogP contribution in [0.15, 0.2) is 52.1 Å². The molecule has 0 aliphatic carbocycles.